The van der Waals surface area contributed by atoms with E-state index in [2.05, 4.69) is 10.2 Å². The highest BCUT2D eigenvalue weighted by atomic mass is 32.2. The fourth-order valence-corrected chi connectivity index (χ4v) is 2.55. The predicted molar refractivity (Wildman–Crippen MR) is 67.4 cm³/mol. The Morgan fingerprint density at radius 1 is 1.33 bits per heavy atom. The quantitative estimate of drug-likeness (QED) is 0.904. The first-order valence-corrected chi connectivity index (χ1v) is 6.99. The minimum absolute atomic E-state index is 0.0337. The zero-order valence-corrected chi connectivity index (χ0v) is 11.4. The molecule has 6 nitrogen and oxygen atoms in total. The second-order valence-corrected chi connectivity index (χ2v) is 5.63. The molecular weight excluding hydrogens is 311 g/mol. The van der Waals surface area contributed by atoms with Crippen molar-refractivity contribution in [3.8, 4) is 5.75 Å². The van der Waals surface area contributed by atoms with Gasteiger partial charge in [-0.2, -0.15) is 18.3 Å². The minimum atomic E-state index is -4.73. The number of rotatable bonds is 4. The van der Waals surface area contributed by atoms with Gasteiger partial charge in [-0.1, -0.05) is 0 Å². The Morgan fingerprint density at radius 3 is 2.57 bits per heavy atom. The molecule has 1 heterocycles. The van der Waals surface area contributed by atoms with Gasteiger partial charge in [-0.25, -0.2) is 8.42 Å². The second-order valence-electron chi connectivity index (χ2n) is 3.95. The van der Waals surface area contributed by atoms with Crippen LogP contribution >= 0.6 is 0 Å². The Hall–Kier alpha value is -2.23. The normalized spacial score (nSPS) is 12.2. The van der Waals surface area contributed by atoms with Crippen molar-refractivity contribution >= 4 is 15.7 Å². The average Bonchev–Trinajstić information content (AvgIpc) is 2.92. The van der Waals surface area contributed by atoms with E-state index in [9.17, 15) is 21.6 Å². The number of anilines is 1. The summed E-state index contributed by atoms with van der Waals surface area (Å²) in [4.78, 5) is -0.272. The third-order valence-electron chi connectivity index (χ3n) is 2.56. The molecule has 2 aromatic rings. The first kappa shape index (κ1) is 15.2. The van der Waals surface area contributed by atoms with Crippen LogP contribution in [0.25, 0.3) is 0 Å². The number of alkyl halides is 3. The summed E-state index contributed by atoms with van der Waals surface area (Å²) in [6.45, 7) is 0. The third-order valence-corrected chi connectivity index (χ3v) is 3.89. The highest BCUT2D eigenvalue weighted by Gasteiger charge is 2.35. The number of nitrogens with zero attached hydrogens (tertiary/aromatic N) is 1. The van der Waals surface area contributed by atoms with E-state index in [1.165, 1.54) is 13.2 Å². The van der Waals surface area contributed by atoms with E-state index in [-0.39, 0.29) is 10.6 Å². The molecule has 0 unspecified atom stereocenters. The van der Waals surface area contributed by atoms with Crippen molar-refractivity contribution in [1.29, 1.82) is 0 Å². The van der Waals surface area contributed by atoms with Gasteiger partial charge in [-0.3, -0.25) is 9.82 Å². The van der Waals surface area contributed by atoms with E-state index in [1.807, 2.05) is 4.72 Å². The number of aromatic nitrogens is 2. The third kappa shape index (κ3) is 3.27. The highest BCUT2D eigenvalue weighted by molar-refractivity contribution is 7.92. The Morgan fingerprint density at radius 2 is 2.05 bits per heavy atom. The van der Waals surface area contributed by atoms with Crippen molar-refractivity contribution in [2.45, 2.75) is 11.1 Å². The van der Waals surface area contributed by atoms with E-state index in [1.54, 1.807) is 0 Å². The number of benzene rings is 1. The van der Waals surface area contributed by atoms with Gasteiger partial charge in [0.2, 0.25) is 0 Å². The molecule has 0 aliphatic carbocycles. The number of ether oxygens (including phenoxy) is 1. The summed E-state index contributed by atoms with van der Waals surface area (Å²) in [5.74, 6) is -0.0337. The van der Waals surface area contributed by atoms with Crippen molar-refractivity contribution in [3.05, 3.63) is 36.2 Å². The number of halogens is 3. The highest BCUT2D eigenvalue weighted by Crippen LogP contribution is 2.37. The molecule has 1 aromatic carbocycles. The molecule has 114 valence electrons. The van der Waals surface area contributed by atoms with Gasteiger partial charge in [0.15, 0.2) is 0 Å². The Kier molecular flexibility index (Phi) is 3.81. The molecule has 0 atom stereocenters. The zero-order chi connectivity index (χ0) is 15.7. The molecule has 10 heteroatoms. The van der Waals surface area contributed by atoms with Crippen LogP contribution in [0.15, 0.2) is 35.5 Å². The van der Waals surface area contributed by atoms with Gasteiger partial charge in [0.25, 0.3) is 10.0 Å². The molecule has 0 saturated carbocycles. The first-order valence-electron chi connectivity index (χ1n) is 5.51. The molecule has 1 aromatic heterocycles. The smallest absolute Gasteiger partial charge is 0.418 e. The molecule has 0 aliphatic heterocycles. The fraction of sp³-hybridized carbons (Fsp3) is 0.182. The fourth-order valence-electron chi connectivity index (χ4n) is 1.56. The van der Waals surface area contributed by atoms with Gasteiger partial charge in [0, 0.05) is 6.20 Å². The number of H-pyrrole nitrogens is 1. The van der Waals surface area contributed by atoms with E-state index in [0.717, 1.165) is 18.5 Å². The van der Waals surface area contributed by atoms with Gasteiger partial charge in [-0.05, 0) is 18.2 Å². The number of sulfonamides is 1. The number of aromatic amines is 1. The van der Waals surface area contributed by atoms with Crippen LogP contribution in [-0.2, 0) is 16.2 Å². The average molecular weight is 321 g/mol. The summed E-state index contributed by atoms with van der Waals surface area (Å²) in [7, 11) is -2.94. The molecule has 0 spiro atoms. The van der Waals surface area contributed by atoms with E-state index in [0.29, 0.717) is 6.07 Å². The van der Waals surface area contributed by atoms with E-state index in [4.69, 9.17) is 4.74 Å². The van der Waals surface area contributed by atoms with E-state index < -0.39 is 27.5 Å². The number of methoxy groups -OCH3 is 1. The van der Waals surface area contributed by atoms with Crippen LogP contribution in [-0.4, -0.2) is 25.7 Å². The molecule has 0 bridgehead atoms. The lowest BCUT2D eigenvalue weighted by molar-refractivity contribution is -0.137. The van der Waals surface area contributed by atoms with Gasteiger partial charge in [0.1, 0.15) is 10.6 Å². The number of nitrogens with one attached hydrogen (secondary N) is 2. The number of hydrogen-bond donors (Lipinski definition) is 2. The summed E-state index contributed by atoms with van der Waals surface area (Å²) >= 11 is 0. The lowest BCUT2D eigenvalue weighted by Crippen LogP contribution is -2.17. The van der Waals surface area contributed by atoms with E-state index >= 15 is 0 Å². The van der Waals surface area contributed by atoms with Crippen molar-refractivity contribution in [2.24, 2.45) is 0 Å². The Balaban J connectivity index is 2.45. The van der Waals surface area contributed by atoms with Gasteiger partial charge in [0.05, 0.1) is 24.6 Å². The van der Waals surface area contributed by atoms with Crippen LogP contribution in [0.5, 0.6) is 5.75 Å². The molecule has 0 saturated heterocycles. The van der Waals surface area contributed by atoms with Gasteiger partial charge in [-0.15, -0.1) is 0 Å². The van der Waals surface area contributed by atoms with Crippen molar-refractivity contribution < 1.29 is 26.3 Å². The summed E-state index contributed by atoms with van der Waals surface area (Å²) in [6, 6.07) is 2.93. The topological polar surface area (TPSA) is 84.1 Å². The Bertz CT molecular complexity index is 727. The molecule has 0 aliphatic rings. The summed E-state index contributed by atoms with van der Waals surface area (Å²) in [5.41, 5.74) is -1.74. The largest absolute Gasteiger partial charge is 0.497 e. The monoisotopic (exact) mass is 321 g/mol. The van der Waals surface area contributed by atoms with Gasteiger partial charge < -0.3 is 4.74 Å². The SMILES string of the molecule is COc1ccc(NS(=O)(=O)c2cn[nH]c2)c(C(F)(F)F)c1. The van der Waals surface area contributed by atoms with Crippen LogP contribution < -0.4 is 9.46 Å². The number of hydrogen-bond acceptors (Lipinski definition) is 4. The first-order chi connectivity index (χ1) is 9.74. The minimum Gasteiger partial charge on any atom is -0.497 e. The molecule has 0 amide bonds. The maximum absolute atomic E-state index is 13.0. The van der Waals surface area contributed by atoms with Gasteiger partial charge >= 0.3 is 6.18 Å². The van der Waals surface area contributed by atoms with Crippen LogP contribution in [0.4, 0.5) is 18.9 Å². The molecule has 0 fully saturated rings. The standard InChI is InChI=1S/C11H10F3N3O3S/c1-20-7-2-3-10(9(4-7)11(12,13)14)17-21(18,19)8-5-15-16-6-8/h2-6,17H,1H3,(H,15,16). The van der Waals surface area contributed by atoms with Crippen molar-refractivity contribution in [1.82, 2.24) is 10.2 Å². The maximum Gasteiger partial charge on any atom is 0.418 e. The molecule has 2 N–H and O–H groups in total. The molecular formula is C11H10F3N3O3S. The predicted octanol–water partition coefficient (Wildman–Crippen LogP) is 2.24. The van der Waals surface area contributed by atoms with Crippen molar-refractivity contribution in [2.75, 3.05) is 11.8 Å². The zero-order valence-electron chi connectivity index (χ0n) is 10.6. The van der Waals surface area contributed by atoms with Crippen LogP contribution in [0.1, 0.15) is 5.56 Å². The molecule has 21 heavy (non-hydrogen) atoms. The Labute approximate surface area is 118 Å². The van der Waals surface area contributed by atoms with Crippen LogP contribution in [0.2, 0.25) is 0 Å². The maximum atomic E-state index is 13.0. The van der Waals surface area contributed by atoms with Crippen molar-refractivity contribution in [3.63, 3.8) is 0 Å². The summed E-state index contributed by atoms with van der Waals surface area (Å²) < 4.78 is 69.4. The second kappa shape index (κ2) is 5.28. The molecule has 0 radical (unpaired) electrons. The molecule has 2 rings (SSSR count). The van der Waals surface area contributed by atoms with Crippen LogP contribution in [0.3, 0.4) is 0 Å². The summed E-state index contributed by atoms with van der Waals surface area (Å²) in [6.07, 6.45) is -2.69. The van der Waals surface area contributed by atoms with Crippen LogP contribution in [0, 0.1) is 0 Å². The lowest BCUT2D eigenvalue weighted by Gasteiger charge is -2.15. The summed E-state index contributed by atoms with van der Waals surface area (Å²) in [5, 5.41) is 5.72. The lowest BCUT2D eigenvalue weighted by atomic mass is 10.1.